The molecule has 0 radical (unpaired) electrons. The van der Waals surface area contributed by atoms with E-state index in [0.29, 0.717) is 0 Å². The largest absolute Gasteiger partial charge is 0.573 e. The second kappa shape index (κ2) is 5.51. The Hall–Kier alpha value is -1.44. The molecule has 0 aliphatic rings. The van der Waals surface area contributed by atoms with Crippen molar-refractivity contribution in [3.63, 3.8) is 0 Å². The Morgan fingerprint density at radius 1 is 1.30 bits per heavy atom. The summed E-state index contributed by atoms with van der Waals surface area (Å²) in [5, 5.41) is 11.2. The van der Waals surface area contributed by atoms with Gasteiger partial charge in [0, 0.05) is 17.3 Å². The molecule has 0 bridgehead atoms. The van der Waals surface area contributed by atoms with Crippen LogP contribution in [0.3, 0.4) is 0 Å². The highest BCUT2D eigenvalue weighted by molar-refractivity contribution is 9.10. The van der Waals surface area contributed by atoms with Crippen molar-refractivity contribution in [2.24, 2.45) is 0 Å². The number of benzene rings is 1. The molecule has 8 heteroatoms. The molecule has 20 heavy (non-hydrogen) atoms. The molecule has 1 rings (SSSR count). The van der Waals surface area contributed by atoms with E-state index in [2.05, 4.69) is 20.7 Å². The quantitative estimate of drug-likeness (QED) is 0.818. The highest BCUT2D eigenvalue weighted by atomic mass is 79.9. The first kappa shape index (κ1) is 16.6. The number of anilines is 1. The fourth-order valence-corrected chi connectivity index (χ4v) is 1.93. The number of carboxylic acid groups (broad SMARTS) is 1. The fraction of sp³-hybridized carbons (Fsp3) is 0.417. The van der Waals surface area contributed by atoms with E-state index in [1.165, 1.54) is 12.1 Å². The zero-order chi connectivity index (χ0) is 15.7. The molecule has 0 aromatic heterocycles. The maximum Gasteiger partial charge on any atom is 0.573 e. The van der Waals surface area contributed by atoms with Crippen molar-refractivity contribution >= 4 is 27.7 Å². The number of rotatable bonds is 2. The molecule has 0 heterocycles. The van der Waals surface area contributed by atoms with Gasteiger partial charge < -0.3 is 19.5 Å². The third-order valence-electron chi connectivity index (χ3n) is 2.25. The molecule has 0 N–H and O–H groups in total. The molecule has 1 aromatic rings. The Morgan fingerprint density at radius 2 is 1.85 bits per heavy atom. The van der Waals surface area contributed by atoms with Crippen molar-refractivity contribution < 1.29 is 27.8 Å². The summed E-state index contributed by atoms with van der Waals surface area (Å²) < 4.78 is 40.7. The minimum Gasteiger partial charge on any atom is -0.530 e. The van der Waals surface area contributed by atoms with Gasteiger partial charge in [-0.05, 0) is 48.8 Å². The van der Waals surface area contributed by atoms with E-state index in [1.807, 2.05) is 0 Å². The van der Waals surface area contributed by atoms with Crippen molar-refractivity contribution in [3.05, 3.63) is 22.7 Å². The van der Waals surface area contributed by atoms with Crippen LogP contribution in [-0.2, 0) is 0 Å². The van der Waals surface area contributed by atoms with Gasteiger partial charge in [-0.25, -0.2) is 0 Å². The highest BCUT2D eigenvalue weighted by Crippen LogP contribution is 2.35. The minimum absolute atomic E-state index is 0.0277. The Morgan fingerprint density at radius 3 is 2.25 bits per heavy atom. The van der Waals surface area contributed by atoms with Crippen LogP contribution in [0.25, 0.3) is 0 Å². The summed E-state index contributed by atoms with van der Waals surface area (Å²) in [5.41, 5.74) is -0.845. The lowest BCUT2D eigenvalue weighted by molar-refractivity contribution is -0.274. The normalized spacial score (nSPS) is 12.2. The molecule has 4 nitrogen and oxygen atoms in total. The van der Waals surface area contributed by atoms with Gasteiger partial charge in [0.15, 0.2) is 0 Å². The van der Waals surface area contributed by atoms with E-state index >= 15 is 0 Å². The molecule has 0 aliphatic carbocycles. The maximum absolute atomic E-state index is 12.3. The minimum atomic E-state index is -4.87. The lowest BCUT2D eigenvalue weighted by atomic mass is 10.1. The summed E-state index contributed by atoms with van der Waals surface area (Å²) >= 11 is 2.91. The van der Waals surface area contributed by atoms with Crippen LogP contribution in [0.2, 0.25) is 0 Å². The Labute approximate surface area is 122 Å². The SMILES string of the molecule is CC(C)(C)N(C(=O)[O-])c1ccc(Br)c(OC(F)(F)F)c1. The second-order valence-electron chi connectivity index (χ2n) is 4.93. The molecule has 1 amide bonds. The van der Waals surface area contributed by atoms with Gasteiger partial charge in [-0.2, -0.15) is 0 Å². The molecule has 112 valence electrons. The Kier molecular flexibility index (Phi) is 4.58. The third-order valence-corrected chi connectivity index (χ3v) is 2.91. The summed E-state index contributed by atoms with van der Waals surface area (Å²) in [7, 11) is 0. The molecule has 0 saturated heterocycles. The van der Waals surface area contributed by atoms with Crippen molar-refractivity contribution in [2.45, 2.75) is 32.7 Å². The van der Waals surface area contributed by atoms with Gasteiger partial charge in [0.2, 0.25) is 0 Å². The number of carbonyl (C=O) groups is 1. The molecular weight excluding hydrogens is 343 g/mol. The summed E-state index contributed by atoms with van der Waals surface area (Å²) in [6, 6.07) is 3.62. The lowest BCUT2D eigenvalue weighted by Gasteiger charge is -2.38. The van der Waals surface area contributed by atoms with Crippen LogP contribution in [0.5, 0.6) is 5.75 Å². The number of ether oxygens (including phenoxy) is 1. The first-order valence-electron chi connectivity index (χ1n) is 5.48. The molecule has 0 atom stereocenters. The van der Waals surface area contributed by atoms with E-state index in [1.54, 1.807) is 20.8 Å². The van der Waals surface area contributed by atoms with Gasteiger partial charge in [0.25, 0.3) is 0 Å². The van der Waals surface area contributed by atoms with Crippen LogP contribution >= 0.6 is 15.9 Å². The van der Waals surface area contributed by atoms with Gasteiger partial charge >= 0.3 is 6.36 Å². The van der Waals surface area contributed by atoms with Crippen LogP contribution in [0.4, 0.5) is 23.7 Å². The third kappa shape index (κ3) is 4.29. The summed E-state index contributed by atoms with van der Waals surface area (Å²) in [4.78, 5) is 12.0. The van der Waals surface area contributed by atoms with Crippen LogP contribution < -0.4 is 14.7 Å². The number of carbonyl (C=O) groups excluding carboxylic acids is 1. The number of halogens is 4. The average Bonchev–Trinajstić information content (AvgIpc) is 2.18. The van der Waals surface area contributed by atoms with Crippen molar-refractivity contribution in [3.8, 4) is 5.75 Å². The monoisotopic (exact) mass is 354 g/mol. The molecule has 0 unspecified atom stereocenters. The van der Waals surface area contributed by atoms with Crippen molar-refractivity contribution in [2.75, 3.05) is 4.90 Å². The Bertz CT molecular complexity index is 512. The predicted octanol–water partition coefficient (Wildman–Crippen LogP) is 3.30. The van der Waals surface area contributed by atoms with E-state index < -0.39 is 23.7 Å². The summed E-state index contributed by atoms with van der Waals surface area (Å²) in [5.74, 6) is -0.523. The first-order chi connectivity index (χ1) is 8.92. The second-order valence-corrected chi connectivity index (χ2v) is 5.79. The molecule has 0 spiro atoms. The van der Waals surface area contributed by atoms with Gasteiger partial charge in [0.1, 0.15) is 11.8 Å². The zero-order valence-corrected chi connectivity index (χ0v) is 12.5. The van der Waals surface area contributed by atoms with Crippen LogP contribution in [0.1, 0.15) is 20.8 Å². The molecule has 0 fully saturated rings. The van der Waals surface area contributed by atoms with Gasteiger partial charge in [0.05, 0.1) is 4.47 Å². The number of nitrogens with zero attached hydrogens (tertiary/aromatic N) is 1. The topological polar surface area (TPSA) is 52.6 Å². The van der Waals surface area contributed by atoms with Crippen molar-refractivity contribution in [1.29, 1.82) is 0 Å². The number of alkyl halides is 3. The van der Waals surface area contributed by atoms with Crippen LogP contribution in [-0.4, -0.2) is 18.0 Å². The fourth-order valence-electron chi connectivity index (χ4n) is 1.60. The summed E-state index contributed by atoms with van der Waals surface area (Å²) in [6.07, 6.45) is -6.38. The first-order valence-corrected chi connectivity index (χ1v) is 6.27. The molecule has 1 aromatic carbocycles. The highest BCUT2D eigenvalue weighted by Gasteiger charge is 2.32. The standard InChI is InChI=1S/C12H13BrF3NO3/c1-11(2,3)17(10(18)19)7-4-5-8(13)9(6-7)20-12(14,15)16/h4-6H,1-3H3,(H,18,19)/p-1. The summed E-state index contributed by atoms with van der Waals surface area (Å²) in [6.45, 7) is 4.78. The van der Waals surface area contributed by atoms with Gasteiger partial charge in [-0.3, -0.25) is 0 Å². The van der Waals surface area contributed by atoms with E-state index in [0.717, 1.165) is 11.0 Å². The number of hydrogen-bond acceptors (Lipinski definition) is 3. The van der Waals surface area contributed by atoms with Gasteiger partial charge in [-0.1, -0.05) is 0 Å². The van der Waals surface area contributed by atoms with Gasteiger partial charge in [-0.15, -0.1) is 13.2 Å². The lowest BCUT2D eigenvalue weighted by Crippen LogP contribution is -2.52. The number of hydrogen-bond donors (Lipinski definition) is 0. The smallest absolute Gasteiger partial charge is 0.530 e. The predicted molar refractivity (Wildman–Crippen MR) is 68.5 cm³/mol. The van der Waals surface area contributed by atoms with E-state index in [4.69, 9.17) is 0 Å². The van der Waals surface area contributed by atoms with Crippen LogP contribution in [0, 0.1) is 0 Å². The molecular formula is C12H12BrF3NO3-. The molecule has 0 saturated carbocycles. The Balaban J connectivity index is 3.26. The van der Waals surface area contributed by atoms with E-state index in [9.17, 15) is 23.1 Å². The molecule has 0 aliphatic heterocycles. The zero-order valence-electron chi connectivity index (χ0n) is 10.9. The van der Waals surface area contributed by atoms with Crippen molar-refractivity contribution in [1.82, 2.24) is 0 Å². The maximum atomic E-state index is 12.3. The average molecular weight is 355 g/mol. The van der Waals surface area contributed by atoms with E-state index in [-0.39, 0.29) is 10.2 Å². The van der Waals surface area contributed by atoms with Crippen LogP contribution in [0.15, 0.2) is 22.7 Å². The number of amides is 1.